The molecule has 14 heavy (non-hydrogen) atoms. The third kappa shape index (κ3) is 7.28. The highest BCUT2D eigenvalue weighted by Gasteiger charge is 1.91. The number of amides is 1. The minimum Gasteiger partial charge on any atom is -0.352 e. The van der Waals surface area contributed by atoms with Gasteiger partial charge in [0.15, 0.2) is 0 Å². The van der Waals surface area contributed by atoms with Crippen LogP contribution in [0.1, 0.15) is 32.8 Å². The molecule has 0 saturated carbocycles. The second-order valence-corrected chi connectivity index (χ2v) is 2.98. The number of hydrogen-bond donors (Lipinski definition) is 1. The molecule has 0 aliphatic carbocycles. The normalized spacial score (nSPS) is 8.50. The monoisotopic (exact) mass is 194 g/mol. The van der Waals surface area contributed by atoms with Gasteiger partial charge < -0.3 is 5.32 Å². The van der Waals surface area contributed by atoms with Gasteiger partial charge in [0, 0.05) is 25.9 Å². The van der Waals surface area contributed by atoms with Gasteiger partial charge in [-0.25, -0.2) is 0 Å². The van der Waals surface area contributed by atoms with Crippen LogP contribution in [-0.2, 0) is 11.3 Å². The van der Waals surface area contributed by atoms with Crippen LogP contribution in [0, 0.1) is 0 Å². The van der Waals surface area contributed by atoms with Crippen molar-refractivity contribution < 1.29 is 4.79 Å². The van der Waals surface area contributed by atoms with E-state index in [0.717, 1.165) is 5.56 Å². The third-order valence-corrected chi connectivity index (χ3v) is 1.26. The zero-order valence-electron chi connectivity index (χ0n) is 9.08. The topological polar surface area (TPSA) is 42.0 Å². The third-order valence-electron chi connectivity index (χ3n) is 1.26. The Bertz CT molecular complexity index is 247. The quantitative estimate of drug-likeness (QED) is 0.783. The maximum absolute atomic E-state index is 10.5. The van der Waals surface area contributed by atoms with Gasteiger partial charge >= 0.3 is 0 Å². The Balaban J connectivity index is 0.000000500. The lowest BCUT2D eigenvalue weighted by Gasteiger charge is -1.99. The molecule has 1 N–H and O–H groups in total. The van der Waals surface area contributed by atoms with Crippen LogP contribution in [0.15, 0.2) is 24.5 Å². The van der Waals surface area contributed by atoms with Crippen LogP contribution < -0.4 is 5.32 Å². The molecule has 0 unspecified atom stereocenters. The lowest BCUT2D eigenvalue weighted by molar-refractivity contribution is -0.119. The molecule has 3 nitrogen and oxygen atoms in total. The van der Waals surface area contributed by atoms with Crippen LogP contribution in [0.4, 0.5) is 0 Å². The van der Waals surface area contributed by atoms with E-state index in [0.29, 0.717) is 6.54 Å². The smallest absolute Gasteiger partial charge is 0.217 e. The van der Waals surface area contributed by atoms with Gasteiger partial charge in [0.2, 0.25) is 5.91 Å². The lowest BCUT2D eigenvalue weighted by Crippen LogP contribution is -2.18. The molecule has 3 heteroatoms. The molecular formula is C11H18N2O. The number of carbonyl (C=O) groups excluding carboxylic acids is 1. The van der Waals surface area contributed by atoms with Crippen molar-refractivity contribution in [3.8, 4) is 0 Å². The fourth-order valence-corrected chi connectivity index (χ4v) is 0.729. The predicted molar refractivity (Wildman–Crippen MR) is 57.7 cm³/mol. The molecule has 0 aromatic carbocycles. The molecule has 0 atom stereocenters. The van der Waals surface area contributed by atoms with E-state index in [1.807, 2.05) is 12.1 Å². The van der Waals surface area contributed by atoms with E-state index in [4.69, 9.17) is 0 Å². The van der Waals surface area contributed by atoms with E-state index in [2.05, 4.69) is 24.1 Å². The first-order chi connectivity index (χ1) is 6.70. The van der Waals surface area contributed by atoms with Crippen molar-refractivity contribution in [2.45, 2.75) is 33.7 Å². The molecule has 78 valence electrons. The first kappa shape index (κ1) is 12.6. The second-order valence-electron chi connectivity index (χ2n) is 2.98. The zero-order valence-corrected chi connectivity index (χ0v) is 9.08. The standard InChI is InChI=1S/C8H10N2O.C3H8/c1-7(11)10-6-8-3-2-4-9-5-8;1-3-2/h2-5H,6H2,1H3,(H,10,11);3H2,1-2H3. The number of aromatic nitrogens is 1. The molecule has 0 fully saturated rings. The average molecular weight is 194 g/mol. The van der Waals surface area contributed by atoms with Crippen LogP contribution in [-0.4, -0.2) is 10.9 Å². The largest absolute Gasteiger partial charge is 0.352 e. The summed E-state index contributed by atoms with van der Waals surface area (Å²) >= 11 is 0. The number of hydrogen-bond acceptors (Lipinski definition) is 2. The molecule has 1 aromatic rings. The van der Waals surface area contributed by atoms with E-state index in [1.54, 1.807) is 12.4 Å². The Morgan fingerprint density at radius 2 is 2.14 bits per heavy atom. The molecular weight excluding hydrogens is 176 g/mol. The first-order valence-electron chi connectivity index (χ1n) is 4.84. The van der Waals surface area contributed by atoms with Crippen molar-refractivity contribution in [1.82, 2.24) is 10.3 Å². The maximum atomic E-state index is 10.5. The van der Waals surface area contributed by atoms with Crippen molar-refractivity contribution in [2.75, 3.05) is 0 Å². The summed E-state index contributed by atoms with van der Waals surface area (Å²) in [5.41, 5.74) is 1.02. The van der Waals surface area contributed by atoms with Gasteiger partial charge in [-0.05, 0) is 11.6 Å². The van der Waals surface area contributed by atoms with Gasteiger partial charge in [0.05, 0.1) is 0 Å². The summed E-state index contributed by atoms with van der Waals surface area (Å²) in [5, 5.41) is 2.68. The first-order valence-corrected chi connectivity index (χ1v) is 4.84. The van der Waals surface area contributed by atoms with E-state index in [1.165, 1.54) is 13.3 Å². The summed E-state index contributed by atoms with van der Waals surface area (Å²) < 4.78 is 0. The Labute approximate surface area is 85.6 Å². The fraction of sp³-hybridized carbons (Fsp3) is 0.455. The minimum absolute atomic E-state index is 0.0196. The molecule has 0 radical (unpaired) electrons. The molecule has 0 spiro atoms. The molecule has 0 aliphatic heterocycles. The Hall–Kier alpha value is -1.38. The highest BCUT2D eigenvalue weighted by atomic mass is 16.1. The number of carbonyl (C=O) groups is 1. The highest BCUT2D eigenvalue weighted by Crippen LogP contribution is 1.93. The zero-order chi connectivity index (χ0) is 10.8. The highest BCUT2D eigenvalue weighted by molar-refractivity contribution is 5.72. The van der Waals surface area contributed by atoms with Crippen LogP contribution in [0.5, 0.6) is 0 Å². The lowest BCUT2D eigenvalue weighted by atomic mass is 10.3. The van der Waals surface area contributed by atoms with Gasteiger partial charge in [-0.1, -0.05) is 26.3 Å². The molecule has 1 heterocycles. The van der Waals surface area contributed by atoms with Crippen molar-refractivity contribution in [3.05, 3.63) is 30.1 Å². The summed E-state index contributed by atoms with van der Waals surface area (Å²) in [5.74, 6) is -0.0196. The summed E-state index contributed by atoms with van der Waals surface area (Å²) in [6.45, 7) is 6.31. The number of pyridine rings is 1. The molecule has 1 rings (SSSR count). The Morgan fingerprint density at radius 3 is 2.57 bits per heavy atom. The van der Waals surface area contributed by atoms with Gasteiger partial charge in [0.25, 0.3) is 0 Å². The van der Waals surface area contributed by atoms with Gasteiger partial charge in [-0.3, -0.25) is 9.78 Å². The van der Waals surface area contributed by atoms with Crippen molar-refractivity contribution in [3.63, 3.8) is 0 Å². The molecule has 1 amide bonds. The van der Waals surface area contributed by atoms with E-state index < -0.39 is 0 Å². The van der Waals surface area contributed by atoms with E-state index in [-0.39, 0.29) is 5.91 Å². The van der Waals surface area contributed by atoms with Crippen molar-refractivity contribution in [1.29, 1.82) is 0 Å². The summed E-state index contributed by atoms with van der Waals surface area (Å²) in [6, 6.07) is 3.76. The summed E-state index contributed by atoms with van der Waals surface area (Å²) in [4.78, 5) is 14.4. The molecule has 0 aliphatic rings. The fourth-order valence-electron chi connectivity index (χ4n) is 0.729. The van der Waals surface area contributed by atoms with Gasteiger partial charge in [-0.15, -0.1) is 0 Å². The summed E-state index contributed by atoms with van der Waals surface area (Å²) in [7, 11) is 0. The average Bonchev–Trinajstić information content (AvgIpc) is 2.18. The van der Waals surface area contributed by atoms with Crippen LogP contribution in [0.25, 0.3) is 0 Å². The minimum atomic E-state index is -0.0196. The molecule has 0 saturated heterocycles. The van der Waals surface area contributed by atoms with Crippen molar-refractivity contribution >= 4 is 5.91 Å². The number of rotatable bonds is 2. The summed E-state index contributed by atoms with van der Waals surface area (Å²) in [6.07, 6.45) is 4.69. The molecule has 0 bridgehead atoms. The maximum Gasteiger partial charge on any atom is 0.217 e. The Morgan fingerprint density at radius 1 is 1.50 bits per heavy atom. The SMILES string of the molecule is CC(=O)NCc1cccnc1.CCC. The number of nitrogens with one attached hydrogen (secondary N) is 1. The van der Waals surface area contributed by atoms with E-state index in [9.17, 15) is 4.79 Å². The van der Waals surface area contributed by atoms with Gasteiger partial charge in [-0.2, -0.15) is 0 Å². The van der Waals surface area contributed by atoms with Crippen LogP contribution in [0.3, 0.4) is 0 Å². The molecule has 1 aromatic heterocycles. The van der Waals surface area contributed by atoms with Crippen LogP contribution in [0.2, 0.25) is 0 Å². The van der Waals surface area contributed by atoms with Gasteiger partial charge in [0.1, 0.15) is 0 Å². The Kier molecular flexibility index (Phi) is 7.42. The van der Waals surface area contributed by atoms with Crippen molar-refractivity contribution in [2.24, 2.45) is 0 Å². The second kappa shape index (κ2) is 8.23. The van der Waals surface area contributed by atoms with Crippen LogP contribution >= 0.6 is 0 Å². The predicted octanol–water partition coefficient (Wildman–Crippen LogP) is 2.13. The van der Waals surface area contributed by atoms with E-state index >= 15 is 0 Å². The number of nitrogens with zero attached hydrogens (tertiary/aromatic N) is 1.